The summed E-state index contributed by atoms with van der Waals surface area (Å²) in [6, 6.07) is 14.0. The number of piperazine rings is 1. The number of sulfonamides is 1. The van der Waals surface area contributed by atoms with Crippen LogP contribution in [0.3, 0.4) is 0 Å². The molecule has 2 aromatic carbocycles. The maximum Gasteiger partial charge on any atom is 0.417 e. The molecule has 5 nitrogen and oxygen atoms in total. The minimum absolute atomic E-state index is 0.0920. The normalized spacial score (nSPS) is 16.0. The van der Waals surface area contributed by atoms with E-state index in [0.29, 0.717) is 13.1 Å². The van der Waals surface area contributed by atoms with Gasteiger partial charge >= 0.3 is 6.18 Å². The van der Waals surface area contributed by atoms with Gasteiger partial charge in [0.25, 0.3) is 0 Å². The van der Waals surface area contributed by atoms with Crippen molar-refractivity contribution in [3.05, 3.63) is 65.5 Å². The zero-order valence-electron chi connectivity index (χ0n) is 15.7. The van der Waals surface area contributed by atoms with Crippen molar-refractivity contribution in [2.45, 2.75) is 11.1 Å². The molecule has 0 amide bonds. The highest BCUT2D eigenvalue weighted by Gasteiger charge is 2.39. The van der Waals surface area contributed by atoms with E-state index in [1.807, 2.05) is 40.6 Å². The highest BCUT2D eigenvalue weighted by atomic mass is 32.2. The third-order valence-electron chi connectivity index (χ3n) is 4.88. The zero-order chi connectivity index (χ0) is 21.4. The summed E-state index contributed by atoms with van der Waals surface area (Å²) in [6.07, 6.45) is -4.74. The van der Waals surface area contributed by atoms with E-state index in [1.165, 1.54) is 23.5 Å². The van der Waals surface area contributed by atoms with Crippen molar-refractivity contribution in [2.24, 2.45) is 0 Å². The smallest absolute Gasteiger partial charge is 0.345 e. The van der Waals surface area contributed by atoms with Gasteiger partial charge in [-0.1, -0.05) is 42.5 Å². The number of hydrogen-bond donors (Lipinski definition) is 0. The molecule has 1 fully saturated rings. The average molecular weight is 454 g/mol. The molecule has 30 heavy (non-hydrogen) atoms. The summed E-state index contributed by atoms with van der Waals surface area (Å²) in [5.74, 6) is 0. The van der Waals surface area contributed by atoms with Crippen molar-refractivity contribution in [1.29, 1.82) is 0 Å². The van der Waals surface area contributed by atoms with Crippen LogP contribution in [0, 0.1) is 0 Å². The van der Waals surface area contributed by atoms with Gasteiger partial charge in [0.15, 0.2) is 5.13 Å². The first-order chi connectivity index (χ1) is 14.3. The Labute approximate surface area is 176 Å². The van der Waals surface area contributed by atoms with Crippen molar-refractivity contribution in [2.75, 3.05) is 31.1 Å². The molecular weight excluding hydrogens is 435 g/mol. The highest BCUT2D eigenvalue weighted by molar-refractivity contribution is 7.89. The fourth-order valence-corrected chi connectivity index (χ4v) is 5.86. The topological polar surface area (TPSA) is 53.5 Å². The van der Waals surface area contributed by atoms with Gasteiger partial charge in [0, 0.05) is 37.1 Å². The zero-order valence-corrected chi connectivity index (χ0v) is 17.3. The van der Waals surface area contributed by atoms with Crippen molar-refractivity contribution >= 4 is 26.5 Å². The van der Waals surface area contributed by atoms with Gasteiger partial charge < -0.3 is 4.90 Å². The fourth-order valence-electron chi connectivity index (χ4n) is 3.34. The first-order valence-electron chi connectivity index (χ1n) is 9.19. The van der Waals surface area contributed by atoms with Gasteiger partial charge in [-0.05, 0) is 12.1 Å². The number of anilines is 1. The summed E-state index contributed by atoms with van der Waals surface area (Å²) in [5.41, 5.74) is 0.689. The highest BCUT2D eigenvalue weighted by Crippen LogP contribution is 2.35. The summed E-state index contributed by atoms with van der Waals surface area (Å²) in [6.45, 7) is 0.897. The molecule has 0 radical (unpaired) electrons. The predicted molar refractivity (Wildman–Crippen MR) is 110 cm³/mol. The monoisotopic (exact) mass is 453 g/mol. The largest absolute Gasteiger partial charge is 0.417 e. The number of rotatable bonds is 4. The second kappa shape index (κ2) is 8.01. The number of nitrogens with zero attached hydrogens (tertiary/aromatic N) is 3. The molecule has 0 bridgehead atoms. The van der Waals surface area contributed by atoms with Crippen LogP contribution in [0.25, 0.3) is 11.3 Å². The van der Waals surface area contributed by atoms with Gasteiger partial charge in [-0.15, -0.1) is 11.3 Å². The van der Waals surface area contributed by atoms with E-state index in [1.54, 1.807) is 0 Å². The van der Waals surface area contributed by atoms with Crippen LogP contribution in [0.5, 0.6) is 0 Å². The van der Waals surface area contributed by atoms with Gasteiger partial charge in [-0.25, -0.2) is 13.4 Å². The summed E-state index contributed by atoms with van der Waals surface area (Å²) in [4.78, 5) is 5.88. The molecule has 1 aliphatic rings. The number of thiazole rings is 1. The van der Waals surface area contributed by atoms with Crippen molar-refractivity contribution in [1.82, 2.24) is 9.29 Å². The van der Waals surface area contributed by atoms with Crippen LogP contribution in [0.2, 0.25) is 0 Å². The molecule has 1 aromatic heterocycles. The Hall–Kier alpha value is -2.43. The van der Waals surface area contributed by atoms with Crippen molar-refractivity contribution in [3.63, 3.8) is 0 Å². The van der Waals surface area contributed by atoms with Crippen LogP contribution in [0.1, 0.15) is 5.56 Å². The Kier molecular flexibility index (Phi) is 5.56. The Morgan fingerprint density at radius 3 is 2.20 bits per heavy atom. The molecule has 0 N–H and O–H groups in total. The fraction of sp³-hybridized carbons (Fsp3) is 0.250. The maximum absolute atomic E-state index is 13.3. The minimum Gasteiger partial charge on any atom is -0.345 e. The molecule has 0 unspecified atom stereocenters. The SMILES string of the molecule is O=S(=O)(c1ccccc1C(F)(F)F)N1CCN(c2nc(-c3ccccc3)cs2)CC1. The molecule has 0 aliphatic carbocycles. The van der Waals surface area contributed by atoms with Crippen LogP contribution in [0.4, 0.5) is 18.3 Å². The van der Waals surface area contributed by atoms with Gasteiger partial charge in [0.1, 0.15) is 0 Å². The van der Waals surface area contributed by atoms with Gasteiger partial charge in [0.2, 0.25) is 10.0 Å². The second-order valence-corrected chi connectivity index (χ2v) is 9.51. The van der Waals surface area contributed by atoms with Gasteiger partial charge in [-0.2, -0.15) is 17.5 Å². The maximum atomic E-state index is 13.3. The summed E-state index contributed by atoms with van der Waals surface area (Å²) in [7, 11) is -4.25. The van der Waals surface area contributed by atoms with Crippen LogP contribution < -0.4 is 4.90 Å². The predicted octanol–water partition coefficient (Wildman–Crippen LogP) is 4.34. The van der Waals surface area contributed by atoms with E-state index < -0.39 is 26.7 Å². The summed E-state index contributed by atoms with van der Waals surface area (Å²) < 4.78 is 66.7. The van der Waals surface area contributed by atoms with E-state index in [4.69, 9.17) is 0 Å². The Morgan fingerprint density at radius 2 is 1.53 bits per heavy atom. The molecule has 0 atom stereocenters. The lowest BCUT2D eigenvalue weighted by atomic mass is 10.2. The van der Waals surface area contributed by atoms with E-state index in [-0.39, 0.29) is 13.1 Å². The number of alkyl halides is 3. The van der Waals surface area contributed by atoms with Crippen LogP contribution in [0.15, 0.2) is 64.9 Å². The molecule has 2 heterocycles. The molecule has 4 rings (SSSR count). The van der Waals surface area contributed by atoms with Gasteiger partial charge in [-0.3, -0.25) is 0 Å². The summed E-state index contributed by atoms with van der Waals surface area (Å²) >= 11 is 1.46. The number of benzene rings is 2. The van der Waals surface area contributed by atoms with E-state index in [0.717, 1.165) is 32.8 Å². The van der Waals surface area contributed by atoms with E-state index in [2.05, 4.69) is 4.98 Å². The Morgan fingerprint density at radius 1 is 0.900 bits per heavy atom. The van der Waals surface area contributed by atoms with Crippen molar-refractivity contribution in [3.8, 4) is 11.3 Å². The molecule has 1 saturated heterocycles. The van der Waals surface area contributed by atoms with Crippen LogP contribution in [-0.2, 0) is 16.2 Å². The lowest BCUT2D eigenvalue weighted by molar-refractivity contribution is -0.139. The van der Waals surface area contributed by atoms with Crippen LogP contribution >= 0.6 is 11.3 Å². The minimum atomic E-state index is -4.74. The molecule has 10 heteroatoms. The Bertz CT molecular complexity index is 1120. The molecule has 158 valence electrons. The lowest BCUT2D eigenvalue weighted by Crippen LogP contribution is -2.48. The summed E-state index contributed by atoms with van der Waals surface area (Å²) in [5, 5.41) is 2.70. The molecule has 0 spiro atoms. The number of hydrogen-bond acceptors (Lipinski definition) is 5. The molecule has 1 aliphatic heterocycles. The first-order valence-corrected chi connectivity index (χ1v) is 11.5. The van der Waals surface area contributed by atoms with E-state index >= 15 is 0 Å². The molecule has 0 saturated carbocycles. The average Bonchev–Trinajstić information content (AvgIpc) is 3.24. The standard InChI is InChI=1S/C20H18F3N3O2S2/c21-20(22,23)16-8-4-5-9-18(16)30(27,28)26-12-10-25(11-13-26)19-24-17(14-29-19)15-6-2-1-3-7-15/h1-9,14H,10-13H2. The number of aromatic nitrogens is 1. The lowest BCUT2D eigenvalue weighted by Gasteiger charge is -2.34. The van der Waals surface area contributed by atoms with Gasteiger partial charge in [0.05, 0.1) is 16.2 Å². The van der Waals surface area contributed by atoms with Crippen molar-refractivity contribution < 1.29 is 21.6 Å². The third-order valence-corrected chi connectivity index (χ3v) is 7.74. The quantitative estimate of drug-likeness (QED) is 0.590. The second-order valence-electron chi connectivity index (χ2n) is 6.77. The molecular formula is C20H18F3N3O2S2. The third kappa shape index (κ3) is 4.07. The Balaban J connectivity index is 1.50. The first kappa shape index (κ1) is 20.8. The molecule has 3 aromatic rings. The van der Waals surface area contributed by atoms with Crippen LogP contribution in [-0.4, -0.2) is 43.9 Å². The van der Waals surface area contributed by atoms with E-state index in [9.17, 15) is 21.6 Å². The number of halogens is 3.